The van der Waals surface area contributed by atoms with Gasteiger partial charge in [0.25, 0.3) is 0 Å². The van der Waals surface area contributed by atoms with E-state index in [2.05, 4.69) is 20.3 Å². The molecule has 9 heteroatoms. The van der Waals surface area contributed by atoms with Gasteiger partial charge in [0.2, 0.25) is 0 Å². The number of rotatable bonds is 5. The van der Waals surface area contributed by atoms with Crippen LogP contribution in [0.5, 0.6) is 0 Å². The summed E-state index contributed by atoms with van der Waals surface area (Å²) in [6, 6.07) is 9.23. The first-order valence-electron chi connectivity index (χ1n) is 7.15. The fourth-order valence-corrected chi connectivity index (χ4v) is 2.22. The Labute approximate surface area is 156 Å². The van der Waals surface area contributed by atoms with Crippen molar-refractivity contribution in [1.82, 2.24) is 25.0 Å². The Balaban J connectivity index is 0.00000225. The van der Waals surface area contributed by atoms with Gasteiger partial charge in [0.15, 0.2) is 17.8 Å². The normalized spacial score (nSPS) is 11.6. The van der Waals surface area contributed by atoms with Gasteiger partial charge in [-0.3, -0.25) is 0 Å². The van der Waals surface area contributed by atoms with Crippen molar-refractivity contribution in [1.29, 1.82) is 0 Å². The topological polar surface area (TPSA) is 106 Å². The summed E-state index contributed by atoms with van der Waals surface area (Å²) < 4.78 is 6.38. The van der Waals surface area contributed by atoms with Crippen LogP contribution in [0.1, 0.15) is 17.5 Å². The zero-order chi connectivity index (χ0) is 17.1. The SMILES string of the molecule is COC(C(=O)[O-])c1nc(-c2ccc(C)cc2)nn1-c1ccnnc1.[Li+]. The van der Waals surface area contributed by atoms with E-state index in [1.165, 1.54) is 24.2 Å². The molecule has 122 valence electrons. The number of methoxy groups -OCH3 is 1. The second-order valence-electron chi connectivity index (χ2n) is 5.11. The minimum absolute atomic E-state index is 0. The smallest absolute Gasteiger partial charge is 0.547 e. The van der Waals surface area contributed by atoms with Gasteiger partial charge in [-0.1, -0.05) is 29.8 Å². The summed E-state index contributed by atoms with van der Waals surface area (Å²) >= 11 is 0. The number of hydrogen-bond donors (Lipinski definition) is 0. The molecule has 0 aliphatic carbocycles. The van der Waals surface area contributed by atoms with Crippen molar-refractivity contribution in [2.24, 2.45) is 0 Å². The molecule has 8 nitrogen and oxygen atoms in total. The Hall–Kier alpha value is -2.53. The number of aromatic nitrogens is 5. The number of aliphatic carboxylic acids is 1. The van der Waals surface area contributed by atoms with Crippen molar-refractivity contribution in [3.8, 4) is 17.1 Å². The summed E-state index contributed by atoms with van der Waals surface area (Å²) in [6.45, 7) is 1.97. The van der Waals surface area contributed by atoms with Crippen LogP contribution in [0.3, 0.4) is 0 Å². The summed E-state index contributed by atoms with van der Waals surface area (Å²) in [5, 5.41) is 23.2. The van der Waals surface area contributed by atoms with E-state index in [4.69, 9.17) is 4.74 Å². The number of carboxylic acids is 1. The molecule has 3 rings (SSSR count). The fraction of sp³-hybridized carbons (Fsp3) is 0.188. The number of carbonyl (C=O) groups is 1. The molecule has 0 amide bonds. The van der Waals surface area contributed by atoms with Crippen LogP contribution in [0.2, 0.25) is 0 Å². The van der Waals surface area contributed by atoms with E-state index in [0.717, 1.165) is 11.1 Å². The van der Waals surface area contributed by atoms with E-state index in [0.29, 0.717) is 11.5 Å². The maximum absolute atomic E-state index is 11.4. The van der Waals surface area contributed by atoms with Crippen LogP contribution in [0.25, 0.3) is 17.1 Å². The molecule has 0 saturated heterocycles. The zero-order valence-corrected chi connectivity index (χ0v) is 14.1. The van der Waals surface area contributed by atoms with Gasteiger partial charge in [0.1, 0.15) is 0 Å². The van der Waals surface area contributed by atoms with Crippen LogP contribution in [0, 0.1) is 6.92 Å². The van der Waals surface area contributed by atoms with E-state index < -0.39 is 12.1 Å². The van der Waals surface area contributed by atoms with Gasteiger partial charge in [0, 0.05) is 12.7 Å². The van der Waals surface area contributed by atoms with Crippen molar-refractivity contribution in [2.45, 2.75) is 13.0 Å². The number of carbonyl (C=O) groups excluding carboxylic acids is 1. The quantitative estimate of drug-likeness (QED) is 0.475. The number of aryl methyl sites for hydroxylation is 1. The molecule has 0 fully saturated rings. The average Bonchev–Trinajstić information content (AvgIpc) is 3.01. The van der Waals surface area contributed by atoms with Crippen molar-refractivity contribution < 1.29 is 33.5 Å². The molecule has 25 heavy (non-hydrogen) atoms. The average molecular weight is 331 g/mol. The molecule has 0 spiro atoms. The summed E-state index contributed by atoms with van der Waals surface area (Å²) in [7, 11) is 1.27. The predicted molar refractivity (Wildman–Crippen MR) is 81.9 cm³/mol. The first-order valence-corrected chi connectivity index (χ1v) is 7.15. The van der Waals surface area contributed by atoms with Gasteiger partial charge in [-0.25, -0.2) is 9.67 Å². The van der Waals surface area contributed by atoms with E-state index in [-0.39, 0.29) is 24.7 Å². The second kappa shape index (κ2) is 8.03. The fourth-order valence-electron chi connectivity index (χ4n) is 2.22. The monoisotopic (exact) mass is 331 g/mol. The summed E-state index contributed by atoms with van der Waals surface area (Å²) in [4.78, 5) is 15.7. The number of nitrogens with zero attached hydrogens (tertiary/aromatic N) is 5. The van der Waals surface area contributed by atoms with Gasteiger partial charge in [-0.05, 0) is 13.0 Å². The van der Waals surface area contributed by atoms with Gasteiger partial charge >= 0.3 is 18.9 Å². The van der Waals surface area contributed by atoms with E-state index >= 15 is 0 Å². The van der Waals surface area contributed by atoms with Crippen molar-refractivity contribution >= 4 is 5.97 Å². The molecular weight excluding hydrogens is 317 g/mol. The van der Waals surface area contributed by atoms with Crippen LogP contribution < -0.4 is 24.0 Å². The maximum atomic E-state index is 11.4. The molecule has 0 bridgehead atoms. The van der Waals surface area contributed by atoms with Crippen molar-refractivity contribution in [3.63, 3.8) is 0 Å². The summed E-state index contributed by atoms with van der Waals surface area (Å²) in [5.74, 6) is -0.921. The van der Waals surface area contributed by atoms with Crippen LogP contribution in [0.4, 0.5) is 0 Å². The van der Waals surface area contributed by atoms with E-state index in [1.54, 1.807) is 6.07 Å². The Bertz CT molecular complexity index is 852. The van der Waals surface area contributed by atoms with Gasteiger partial charge in [-0.2, -0.15) is 10.2 Å². The van der Waals surface area contributed by atoms with Gasteiger partial charge in [0.05, 0.1) is 24.1 Å². The number of ether oxygens (including phenoxy) is 1. The first-order chi connectivity index (χ1) is 11.6. The molecule has 0 N–H and O–H groups in total. The van der Waals surface area contributed by atoms with Crippen molar-refractivity contribution in [2.75, 3.05) is 7.11 Å². The van der Waals surface area contributed by atoms with Crippen LogP contribution in [-0.2, 0) is 9.53 Å². The van der Waals surface area contributed by atoms with Gasteiger partial charge < -0.3 is 14.6 Å². The van der Waals surface area contributed by atoms with Crippen LogP contribution in [0.15, 0.2) is 42.7 Å². The minimum atomic E-state index is -1.40. The molecule has 0 saturated carbocycles. The largest absolute Gasteiger partial charge is 1.00 e. The molecule has 2 aromatic heterocycles. The van der Waals surface area contributed by atoms with Crippen molar-refractivity contribution in [3.05, 3.63) is 54.1 Å². The number of carboxylic acid groups (broad SMARTS) is 1. The predicted octanol–water partition coefficient (Wildman–Crippen LogP) is -2.53. The molecule has 2 heterocycles. The maximum Gasteiger partial charge on any atom is 1.00 e. The third-order valence-corrected chi connectivity index (χ3v) is 3.44. The second-order valence-corrected chi connectivity index (χ2v) is 5.11. The molecule has 1 aromatic carbocycles. The first kappa shape index (κ1) is 18.8. The zero-order valence-electron chi connectivity index (χ0n) is 14.1. The van der Waals surface area contributed by atoms with Gasteiger partial charge in [-0.15, -0.1) is 5.10 Å². The third-order valence-electron chi connectivity index (χ3n) is 3.44. The molecule has 0 aliphatic heterocycles. The van der Waals surface area contributed by atoms with Crippen LogP contribution in [-0.4, -0.2) is 38.0 Å². The molecule has 0 radical (unpaired) electrons. The molecule has 1 atom stereocenters. The standard InChI is InChI=1S/C16H15N5O3.Li/c1-10-3-5-11(6-4-10)14-19-15(13(24-2)16(22)23)21(20-14)12-7-8-17-18-9-12;/h3-9,13H,1-2H3,(H,22,23);/q;+1/p-1. The van der Waals surface area contributed by atoms with Crippen LogP contribution >= 0.6 is 0 Å². The number of hydrogen-bond acceptors (Lipinski definition) is 7. The number of benzene rings is 1. The molecule has 0 aliphatic rings. The Kier molecular flexibility index (Phi) is 6.04. The molecular formula is C16H14LiN5O3. The Morgan fingerprint density at radius 2 is 1.92 bits per heavy atom. The molecule has 3 aromatic rings. The third kappa shape index (κ3) is 3.94. The minimum Gasteiger partial charge on any atom is -0.547 e. The molecule has 1 unspecified atom stereocenters. The Morgan fingerprint density at radius 1 is 1.20 bits per heavy atom. The Morgan fingerprint density at radius 3 is 2.48 bits per heavy atom. The van der Waals surface area contributed by atoms with E-state index in [1.807, 2.05) is 31.2 Å². The van der Waals surface area contributed by atoms with E-state index in [9.17, 15) is 9.90 Å². The summed E-state index contributed by atoms with van der Waals surface area (Å²) in [6.07, 6.45) is 1.58. The summed E-state index contributed by atoms with van der Waals surface area (Å²) in [5.41, 5.74) is 2.38.